The summed E-state index contributed by atoms with van der Waals surface area (Å²) in [6.07, 6.45) is 6.77. The van der Waals surface area contributed by atoms with E-state index in [1.165, 1.54) is 5.69 Å². The van der Waals surface area contributed by atoms with Gasteiger partial charge in [0.05, 0.1) is 19.2 Å². The highest BCUT2D eigenvalue weighted by molar-refractivity contribution is 5.98. The summed E-state index contributed by atoms with van der Waals surface area (Å²) < 4.78 is 7.43. The first-order chi connectivity index (χ1) is 16.9. The normalized spacial score (nSPS) is 20.9. The maximum Gasteiger partial charge on any atom is 0.320 e. The molecule has 0 spiro atoms. The zero-order valence-corrected chi connectivity index (χ0v) is 21.1. The predicted octanol–water partition coefficient (Wildman–Crippen LogP) is 3.29. The lowest BCUT2D eigenvalue weighted by Gasteiger charge is -2.39. The second-order valence-corrected chi connectivity index (χ2v) is 9.72. The molecule has 35 heavy (non-hydrogen) atoms. The largest absolute Gasteiger partial charge is 0.465 e. The number of likely N-dealkylation sites (tertiary alicyclic amines) is 2. The van der Waals surface area contributed by atoms with E-state index in [-0.39, 0.29) is 36.3 Å². The van der Waals surface area contributed by atoms with Gasteiger partial charge in [-0.05, 0) is 82.9 Å². The number of ether oxygens (including phenoxy) is 1. The van der Waals surface area contributed by atoms with Gasteiger partial charge < -0.3 is 19.9 Å². The molecule has 8 heteroatoms. The topological polar surface area (TPSA) is 105 Å². The lowest BCUT2D eigenvalue weighted by atomic mass is 9.96. The fourth-order valence-corrected chi connectivity index (χ4v) is 5.82. The van der Waals surface area contributed by atoms with Crippen molar-refractivity contribution >= 4 is 28.6 Å². The average molecular weight is 482 g/mol. The maximum atomic E-state index is 13.6. The van der Waals surface area contributed by atoms with Crippen LogP contribution in [0.1, 0.15) is 63.6 Å². The number of esters is 1. The molecule has 3 N–H and O–H groups in total. The molecule has 2 atom stereocenters. The number of nitrogens with two attached hydrogens (primary N) is 1. The van der Waals surface area contributed by atoms with Gasteiger partial charge in [0.25, 0.3) is 0 Å². The Balaban J connectivity index is 1.47. The monoisotopic (exact) mass is 481 g/mol. The molecule has 2 aliphatic heterocycles. The number of nitrogens with zero attached hydrogens (tertiary/aromatic N) is 3. The number of hydrogen-bond acceptors (Lipinski definition) is 5. The van der Waals surface area contributed by atoms with Gasteiger partial charge in [0, 0.05) is 35.9 Å². The number of carbonyl (C=O) groups is 2. The summed E-state index contributed by atoms with van der Waals surface area (Å²) in [7, 11) is 0. The summed E-state index contributed by atoms with van der Waals surface area (Å²) in [6.45, 7) is 6.92. The van der Waals surface area contributed by atoms with E-state index in [9.17, 15) is 9.59 Å². The van der Waals surface area contributed by atoms with Crippen LogP contribution in [0.4, 0.5) is 0 Å². The van der Waals surface area contributed by atoms with Crippen LogP contribution in [-0.2, 0) is 27.3 Å². The number of amidine groups is 1. The Labute approximate surface area is 207 Å². The highest BCUT2D eigenvalue weighted by Crippen LogP contribution is 2.28. The number of fused-ring (bicyclic) bond motifs is 1. The third-order valence-corrected chi connectivity index (χ3v) is 7.55. The Bertz CT molecular complexity index is 1080. The van der Waals surface area contributed by atoms with Crippen molar-refractivity contribution in [2.24, 2.45) is 5.73 Å². The zero-order valence-electron chi connectivity index (χ0n) is 21.1. The van der Waals surface area contributed by atoms with E-state index >= 15 is 0 Å². The number of piperidine rings is 1. The standard InChI is InChI=1S/C27H39N5O3/c1-3-31-22(16-19-10-11-20(26(28)29)17-24(19)31)13-12-21-8-5-6-15-32(21)27(34)23-9-7-14-30(23)18-25(33)35-4-2/h10-11,16-17,21,23H,3-9,12-15,18H2,1-2H3,(H3,28,29). The van der Waals surface area contributed by atoms with Gasteiger partial charge in [0.15, 0.2) is 0 Å². The Kier molecular flexibility index (Phi) is 8.11. The fourth-order valence-electron chi connectivity index (χ4n) is 5.82. The highest BCUT2D eigenvalue weighted by Gasteiger charge is 2.37. The number of benzene rings is 1. The Morgan fingerprint density at radius 1 is 1.11 bits per heavy atom. The molecule has 1 aromatic heterocycles. The van der Waals surface area contributed by atoms with Gasteiger partial charge in [-0.25, -0.2) is 0 Å². The van der Waals surface area contributed by atoms with E-state index in [1.807, 2.05) is 30.0 Å². The van der Waals surface area contributed by atoms with Gasteiger partial charge >= 0.3 is 5.97 Å². The number of nitrogens with one attached hydrogen (secondary N) is 1. The van der Waals surface area contributed by atoms with Crippen LogP contribution in [0, 0.1) is 5.41 Å². The van der Waals surface area contributed by atoms with Crippen LogP contribution in [0.15, 0.2) is 24.3 Å². The van der Waals surface area contributed by atoms with Crippen LogP contribution >= 0.6 is 0 Å². The van der Waals surface area contributed by atoms with E-state index < -0.39 is 0 Å². The van der Waals surface area contributed by atoms with Crippen molar-refractivity contribution in [2.75, 3.05) is 26.2 Å². The SMILES string of the molecule is CCOC(=O)CN1CCCC1C(=O)N1CCCCC1CCc1cc2ccc(C(=N)N)cc2n1CC. The van der Waals surface area contributed by atoms with E-state index in [0.717, 1.165) is 81.0 Å². The summed E-state index contributed by atoms with van der Waals surface area (Å²) >= 11 is 0. The molecule has 2 aromatic rings. The summed E-state index contributed by atoms with van der Waals surface area (Å²) in [6, 6.07) is 8.18. The summed E-state index contributed by atoms with van der Waals surface area (Å²) in [4.78, 5) is 29.8. The molecule has 3 heterocycles. The third kappa shape index (κ3) is 5.53. The van der Waals surface area contributed by atoms with Crippen molar-refractivity contribution in [3.63, 3.8) is 0 Å². The minimum Gasteiger partial charge on any atom is -0.465 e. The third-order valence-electron chi connectivity index (χ3n) is 7.55. The number of carbonyl (C=O) groups excluding carboxylic acids is 2. The predicted molar refractivity (Wildman–Crippen MR) is 138 cm³/mol. The smallest absolute Gasteiger partial charge is 0.320 e. The van der Waals surface area contributed by atoms with Crippen LogP contribution < -0.4 is 5.73 Å². The molecular formula is C27H39N5O3. The Morgan fingerprint density at radius 2 is 1.94 bits per heavy atom. The van der Waals surface area contributed by atoms with Crippen LogP contribution in [0.25, 0.3) is 10.9 Å². The van der Waals surface area contributed by atoms with E-state index in [4.69, 9.17) is 15.9 Å². The summed E-state index contributed by atoms with van der Waals surface area (Å²) in [5.41, 5.74) is 8.81. The first-order valence-electron chi connectivity index (χ1n) is 13.1. The number of rotatable bonds is 9. The van der Waals surface area contributed by atoms with Crippen molar-refractivity contribution in [3.8, 4) is 0 Å². The van der Waals surface area contributed by atoms with Crippen molar-refractivity contribution in [2.45, 2.75) is 77.4 Å². The molecule has 4 rings (SSSR count). The average Bonchev–Trinajstić information content (AvgIpc) is 3.45. The number of hydrogen-bond donors (Lipinski definition) is 2. The zero-order chi connectivity index (χ0) is 24.9. The van der Waals surface area contributed by atoms with Crippen LogP contribution in [0.2, 0.25) is 0 Å². The van der Waals surface area contributed by atoms with Crippen molar-refractivity contribution < 1.29 is 14.3 Å². The van der Waals surface area contributed by atoms with Crippen molar-refractivity contribution in [3.05, 3.63) is 35.5 Å². The molecule has 1 aromatic carbocycles. The molecule has 0 saturated carbocycles. The minimum atomic E-state index is -0.247. The van der Waals surface area contributed by atoms with Crippen molar-refractivity contribution in [1.29, 1.82) is 5.41 Å². The number of aryl methyl sites for hydroxylation is 2. The molecule has 8 nitrogen and oxygen atoms in total. The van der Waals surface area contributed by atoms with Crippen LogP contribution in [0.5, 0.6) is 0 Å². The van der Waals surface area contributed by atoms with Crippen LogP contribution in [0.3, 0.4) is 0 Å². The molecule has 2 unspecified atom stereocenters. The second-order valence-electron chi connectivity index (χ2n) is 9.72. The first-order valence-corrected chi connectivity index (χ1v) is 13.1. The lowest BCUT2D eigenvalue weighted by molar-refractivity contribution is -0.147. The molecule has 2 saturated heterocycles. The van der Waals surface area contributed by atoms with Gasteiger partial charge in [-0.15, -0.1) is 0 Å². The molecule has 0 bridgehead atoms. The summed E-state index contributed by atoms with van der Waals surface area (Å²) in [5, 5.41) is 8.92. The maximum absolute atomic E-state index is 13.6. The van der Waals surface area contributed by atoms with E-state index in [0.29, 0.717) is 6.61 Å². The van der Waals surface area contributed by atoms with Gasteiger partial charge in [0.2, 0.25) is 5.91 Å². The van der Waals surface area contributed by atoms with Gasteiger partial charge in [-0.3, -0.25) is 19.9 Å². The highest BCUT2D eigenvalue weighted by atomic mass is 16.5. The van der Waals surface area contributed by atoms with Gasteiger partial charge in [0.1, 0.15) is 5.84 Å². The molecule has 0 aliphatic carbocycles. The number of aromatic nitrogens is 1. The summed E-state index contributed by atoms with van der Waals surface area (Å²) in [5.74, 6) is 0.0129. The second kappa shape index (κ2) is 11.2. The first kappa shape index (κ1) is 25.2. The molecule has 0 radical (unpaired) electrons. The number of nitrogen functional groups attached to an aromatic ring is 1. The van der Waals surface area contributed by atoms with Gasteiger partial charge in [-0.2, -0.15) is 0 Å². The molecule has 190 valence electrons. The van der Waals surface area contributed by atoms with Gasteiger partial charge in [-0.1, -0.05) is 12.1 Å². The number of amides is 1. The molecule has 1 amide bonds. The molecule has 2 aliphatic rings. The van der Waals surface area contributed by atoms with Crippen molar-refractivity contribution in [1.82, 2.24) is 14.4 Å². The van der Waals surface area contributed by atoms with Crippen LogP contribution in [-0.4, -0.2) is 70.4 Å². The molecule has 2 fully saturated rings. The minimum absolute atomic E-state index is 0.0811. The Hall–Kier alpha value is -2.87. The molecular weight excluding hydrogens is 442 g/mol. The quantitative estimate of drug-likeness (QED) is 0.325. The lowest BCUT2D eigenvalue weighted by Crippen LogP contribution is -2.52. The fraction of sp³-hybridized carbons (Fsp3) is 0.593. The van der Waals surface area contributed by atoms with E-state index in [1.54, 1.807) is 0 Å². The Morgan fingerprint density at radius 3 is 2.69 bits per heavy atom. The van der Waals surface area contributed by atoms with E-state index in [2.05, 4.69) is 22.5 Å².